The lowest BCUT2D eigenvalue weighted by atomic mass is 10.1. The molecular weight excluding hydrogens is 210 g/mol. The minimum atomic E-state index is 0.834. The van der Waals surface area contributed by atoms with E-state index < -0.39 is 0 Å². The van der Waals surface area contributed by atoms with Crippen molar-refractivity contribution in [2.45, 2.75) is 13.5 Å². The van der Waals surface area contributed by atoms with E-state index in [1.54, 1.807) is 12.3 Å². The summed E-state index contributed by atoms with van der Waals surface area (Å²) in [6, 6.07) is 11.9. The van der Waals surface area contributed by atoms with Crippen LogP contribution in [0.25, 0.3) is 5.57 Å². The van der Waals surface area contributed by atoms with Crippen molar-refractivity contribution in [2.75, 3.05) is 0 Å². The van der Waals surface area contributed by atoms with Crippen LogP contribution in [-0.4, -0.2) is 9.55 Å². The second-order valence-corrected chi connectivity index (χ2v) is 3.59. The Bertz CT molecular complexity index is 559. The summed E-state index contributed by atoms with van der Waals surface area (Å²) in [6.07, 6.45) is 5.22. The average Bonchev–Trinajstić information content (AvgIpc) is 2.85. The molecule has 0 fully saturated rings. The van der Waals surface area contributed by atoms with Crippen molar-refractivity contribution in [3.05, 3.63) is 60.2 Å². The minimum absolute atomic E-state index is 0.834. The van der Waals surface area contributed by atoms with E-state index in [4.69, 9.17) is 5.26 Å². The van der Waals surface area contributed by atoms with Gasteiger partial charge in [-0.2, -0.15) is 5.26 Å². The highest BCUT2D eigenvalue weighted by Gasteiger charge is 2.09. The van der Waals surface area contributed by atoms with E-state index in [1.807, 2.05) is 41.1 Å². The molecule has 1 aromatic carbocycles. The molecule has 2 aromatic rings. The molecule has 0 aliphatic carbocycles. The highest BCUT2D eigenvalue weighted by molar-refractivity contribution is 5.77. The second kappa shape index (κ2) is 5.13. The first-order valence-electron chi connectivity index (χ1n) is 5.53. The Morgan fingerprint density at radius 2 is 2.18 bits per heavy atom. The molecule has 1 heterocycles. The summed E-state index contributed by atoms with van der Waals surface area (Å²) in [7, 11) is 0. The fraction of sp³-hybridized carbons (Fsp3) is 0.143. The van der Waals surface area contributed by atoms with Gasteiger partial charge in [0.25, 0.3) is 0 Å². The van der Waals surface area contributed by atoms with Gasteiger partial charge in [-0.1, -0.05) is 30.3 Å². The molecule has 0 saturated heterocycles. The second-order valence-electron chi connectivity index (χ2n) is 3.59. The summed E-state index contributed by atoms with van der Waals surface area (Å²) < 4.78 is 2.02. The Balaban J connectivity index is 2.52. The van der Waals surface area contributed by atoms with Crippen molar-refractivity contribution >= 4 is 5.57 Å². The molecule has 17 heavy (non-hydrogen) atoms. The van der Waals surface area contributed by atoms with Gasteiger partial charge in [0.05, 0.1) is 6.07 Å². The van der Waals surface area contributed by atoms with Crippen LogP contribution < -0.4 is 0 Å². The van der Waals surface area contributed by atoms with Crippen LogP contribution >= 0.6 is 0 Å². The first kappa shape index (κ1) is 11.2. The standard InChI is InChI=1S/C14H13N3/c1-2-17-11-10-16-14(17)13(8-9-15)12-6-4-3-5-7-12/h3-8,10-11H,2H2,1H3/b13-8-. The van der Waals surface area contributed by atoms with Crippen molar-refractivity contribution in [3.8, 4) is 6.07 Å². The molecule has 3 nitrogen and oxygen atoms in total. The fourth-order valence-corrected chi connectivity index (χ4v) is 1.77. The van der Waals surface area contributed by atoms with Crippen LogP contribution in [0.1, 0.15) is 18.3 Å². The van der Waals surface area contributed by atoms with E-state index in [1.165, 1.54) is 0 Å². The normalized spacial score (nSPS) is 11.2. The van der Waals surface area contributed by atoms with Crippen LogP contribution in [0.2, 0.25) is 0 Å². The molecule has 0 aliphatic rings. The molecule has 3 heteroatoms. The van der Waals surface area contributed by atoms with E-state index in [9.17, 15) is 0 Å². The van der Waals surface area contributed by atoms with E-state index in [0.717, 1.165) is 23.5 Å². The number of nitrogens with zero attached hydrogens (tertiary/aromatic N) is 3. The largest absolute Gasteiger partial charge is 0.331 e. The predicted octanol–water partition coefficient (Wildman–Crippen LogP) is 2.86. The maximum Gasteiger partial charge on any atom is 0.141 e. The number of imidazole rings is 1. The predicted molar refractivity (Wildman–Crippen MR) is 67.0 cm³/mol. The fourth-order valence-electron chi connectivity index (χ4n) is 1.77. The highest BCUT2D eigenvalue weighted by Crippen LogP contribution is 2.21. The molecule has 0 spiro atoms. The molecule has 0 amide bonds. The zero-order valence-corrected chi connectivity index (χ0v) is 9.67. The molecule has 0 saturated carbocycles. The molecule has 84 valence electrons. The molecule has 0 atom stereocenters. The van der Waals surface area contributed by atoms with Gasteiger partial charge in [-0.25, -0.2) is 4.98 Å². The average molecular weight is 223 g/mol. The number of hydrogen-bond acceptors (Lipinski definition) is 2. The smallest absolute Gasteiger partial charge is 0.141 e. The SMILES string of the molecule is CCn1ccnc1/C(=C\C#N)c1ccccc1. The Morgan fingerprint density at radius 1 is 1.41 bits per heavy atom. The van der Waals surface area contributed by atoms with Crippen molar-refractivity contribution in [3.63, 3.8) is 0 Å². The van der Waals surface area contributed by atoms with Crippen LogP contribution in [0.15, 0.2) is 48.8 Å². The molecular formula is C14H13N3. The zero-order chi connectivity index (χ0) is 12.1. The Kier molecular flexibility index (Phi) is 3.37. The van der Waals surface area contributed by atoms with Gasteiger partial charge in [-0.15, -0.1) is 0 Å². The van der Waals surface area contributed by atoms with Gasteiger partial charge in [0.2, 0.25) is 0 Å². The van der Waals surface area contributed by atoms with Crippen LogP contribution in [0.4, 0.5) is 0 Å². The Hall–Kier alpha value is -2.34. The van der Waals surface area contributed by atoms with Gasteiger partial charge < -0.3 is 4.57 Å². The van der Waals surface area contributed by atoms with Gasteiger partial charge in [0, 0.05) is 30.6 Å². The van der Waals surface area contributed by atoms with E-state index >= 15 is 0 Å². The molecule has 1 aromatic heterocycles. The number of allylic oxidation sites excluding steroid dienone is 1. The molecule has 0 radical (unpaired) electrons. The third-order valence-electron chi connectivity index (χ3n) is 2.59. The summed E-state index contributed by atoms with van der Waals surface area (Å²) in [5.74, 6) is 0.834. The highest BCUT2D eigenvalue weighted by atomic mass is 15.1. The number of benzene rings is 1. The van der Waals surface area contributed by atoms with Crippen LogP contribution in [0.5, 0.6) is 0 Å². The van der Waals surface area contributed by atoms with E-state index in [-0.39, 0.29) is 0 Å². The van der Waals surface area contributed by atoms with Gasteiger partial charge in [0.15, 0.2) is 0 Å². The quantitative estimate of drug-likeness (QED) is 0.751. The van der Waals surface area contributed by atoms with Crippen molar-refractivity contribution < 1.29 is 0 Å². The Morgan fingerprint density at radius 3 is 2.82 bits per heavy atom. The van der Waals surface area contributed by atoms with Crippen LogP contribution in [-0.2, 0) is 6.54 Å². The monoisotopic (exact) mass is 223 g/mol. The van der Waals surface area contributed by atoms with Gasteiger partial charge >= 0.3 is 0 Å². The van der Waals surface area contributed by atoms with Gasteiger partial charge in [-0.05, 0) is 12.5 Å². The number of rotatable bonds is 3. The summed E-state index contributed by atoms with van der Waals surface area (Å²) in [4.78, 5) is 4.33. The topological polar surface area (TPSA) is 41.6 Å². The van der Waals surface area contributed by atoms with Crippen LogP contribution in [0.3, 0.4) is 0 Å². The third kappa shape index (κ3) is 2.26. The lowest BCUT2D eigenvalue weighted by Gasteiger charge is -2.08. The van der Waals surface area contributed by atoms with Crippen molar-refractivity contribution in [1.82, 2.24) is 9.55 Å². The molecule has 0 N–H and O–H groups in total. The van der Waals surface area contributed by atoms with Gasteiger partial charge in [-0.3, -0.25) is 0 Å². The van der Waals surface area contributed by atoms with E-state index in [0.29, 0.717) is 0 Å². The number of nitriles is 1. The number of hydrogen-bond donors (Lipinski definition) is 0. The number of aromatic nitrogens is 2. The summed E-state index contributed by atoms with van der Waals surface area (Å²) in [5, 5.41) is 8.90. The Labute approximate surface area is 101 Å². The molecule has 0 aliphatic heterocycles. The first-order chi connectivity index (χ1) is 8.36. The zero-order valence-electron chi connectivity index (χ0n) is 9.67. The van der Waals surface area contributed by atoms with E-state index in [2.05, 4.69) is 18.0 Å². The molecule has 2 rings (SSSR count). The number of aryl methyl sites for hydroxylation is 1. The van der Waals surface area contributed by atoms with Gasteiger partial charge in [0.1, 0.15) is 5.82 Å². The van der Waals surface area contributed by atoms with Crippen molar-refractivity contribution in [1.29, 1.82) is 5.26 Å². The summed E-state index contributed by atoms with van der Waals surface area (Å²) in [6.45, 7) is 2.89. The summed E-state index contributed by atoms with van der Waals surface area (Å²) >= 11 is 0. The lowest BCUT2D eigenvalue weighted by molar-refractivity contribution is 0.749. The van der Waals surface area contributed by atoms with Crippen molar-refractivity contribution in [2.24, 2.45) is 0 Å². The minimum Gasteiger partial charge on any atom is -0.331 e. The maximum absolute atomic E-state index is 8.90. The maximum atomic E-state index is 8.90. The lowest BCUT2D eigenvalue weighted by Crippen LogP contribution is -2.01. The first-order valence-corrected chi connectivity index (χ1v) is 5.53. The van der Waals surface area contributed by atoms with Crippen LogP contribution in [0, 0.1) is 11.3 Å². The third-order valence-corrected chi connectivity index (χ3v) is 2.59. The molecule has 0 bridgehead atoms. The summed E-state index contributed by atoms with van der Waals surface area (Å²) in [5.41, 5.74) is 1.87. The molecule has 0 unspecified atom stereocenters.